The van der Waals surface area contributed by atoms with Crippen LogP contribution in [-0.4, -0.2) is 31.3 Å². The molecule has 0 radical (unpaired) electrons. The zero-order valence-corrected chi connectivity index (χ0v) is 22.2. The molecule has 0 atom stereocenters. The van der Waals surface area contributed by atoms with E-state index in [1.54, 1.807) is 42.6 Å². The number of aryl methyl sites for hydroxylation is 1. The van der Waals surface area contributed by atoms with Gasteiger partial charge in [0.25, 0.3) is 11.5 Å². The van der Waals surface area contributed by atoms with E-state index in [1.165, 1.54) is 15.4 Å². The minimum absolute atomic E-state index is 0.0402. The summed E-state index contributed by atoms with van der Waals surface area (Å²) in [6, 6.07) is 16.0. The molecule has 2 aliphatic rings. The predicted octanol–water partition coefficient (Wildman–Crippen LogP) is 5.58. The van der Waals surface area contributed by atoms with E-state index < -0.39 is 0 Å². The molecule has 6 rings (SSSR count). The first-order chi connectivity index (χ1) is 18.4. The number of carbonyl (C=O) groups excluding carboxylic acids is 1. The van der Waals surface area contributed by atoms with Gasteiger partial charge in [0.15, 0.2) is 11.5 Å². The average Bonchev–Trinajstić information content (AvgIpc) is 3.48. The topological polar surface area (TPSA) is 82.4 Å². The Kier molecular flexibility index (Phi) is 6.30. The number of aromatic nitrogens is 2. The van der Waals surface area contributed by atoms with E-state index in [4.69, 9.17) is 38.0 Å². The van der Waals surface area contributed by atoms with Gasteiger partial charge in [0.05, 0.1) is 16.5 Å². The lowest BCUT2D eigenvalue weighted by molar-refractivity contribution is -0.122. The summed E-state index contributed by atoms with van der Waals surface area (Å²) in [4.78, 5) is 33.4. The number of hydrogen-bond donors (Lipinski definition) is 0. The Hall–Kier alpha value is -3.86. The zero-order chi connectivity index (χ0) is 26.4. The number of thiocarbonyl (C=S) groups is 1. The van der Waals surface area contributed by atoms with Crippen LogP contribution in [0.4, 0.5) is 0 Å². The fourth-order valence-corrected chi connectivity index (χ4v) is 5.53. The van der Waals surface area contributed by atoms with Crippen molar-refractivity contribution in [2.75, 3.05) is 6.79 Å². The molecule has 0 unspecified atom stereocenters. The van der Waals surface area contributed by atoms with Gasteiger partial charge in [-0.15, -0.1) is 0 Å². The van der Waals surface area contributed by atoms with Crippen LogP contribution >= 0.6 is 35.6 Å². The van der Waals surface area contributed by atoms with Crippen molar-refractivity contribution in [3.05, 3.63) is 97.8 Å². The Labute approximate surface area is 231 Å². The van der Waals surface area contributed by atoms with Crippen molar-refractivity contribution in [1.29, 1.82) is 0 Å². The van der Waals surface area contributed by atoms with E-state index >= 15 is 0 Å². The second-order valence-corrected chi connectivity index (χ2v) is 10.6. The number of carbonyl (C=O) groups is 1. The molecule has 2 aliphatic heterocycles. The Bertz CT molecular complexity index is 1740. The number of halogens is 1. The first kappa shape index (κ1) is 24.5. The van der Waals surface area contributed by atoms with Crippen LogP contribution in [0.25, 0.3) is 11.7 Å². The van der Waals surface area contributed by atoms with E-state index in [0.29, 0.717) is 32.2 Å². The summed E-state index contributed by atoms with van der Waals surface area (Å²) in [5.74, 6) is 1.33. The summed E-state index contributed by atoms with van der Waals surface area (Å²) in [6.07, 6.45) is 3.11. The molecule has 0 aliphatic carbocycles. The number of thioether (sulfide) groups is 1. The molecule has 0 spiro atoms. The number of pyridine rings is 1. The van der Waals surface area contributed by atoms with Gasteiger partial charge in [-0.05, 0) is 54.5 Å². The molecular formula is C27H18ClN3O5S2. The van der Waals surface area contributed by atoms with E-state index in [-0.39, 0.29) is 41.2 Å². The van der Waals surface area contributed by atoms with Gasteiger partial charge in [-0.3, -0.25) is 18.9 Å². The Morgan fingerprint density at radius 3 is 2.79 bits per heavy atom. The average molecular weight is 564 g/mol. The zero-order valence-electron chi connectivity index (χ0n) is 19.8. The summed E-state index contributed by atoms with van der Waals surface area (Å²) in [7, 11) is 0. The molecule has 4 heterocycles. The summed E-state index contributed by atoms with van der Waals surface area (Å²) < 4.78 is 18.6. The normalized spacial score (nSPS) is 15.6. The summed E-state index contributed by atoms with van der Waals surface area (Å²) in [5, 5.41) is 0.361. The molecule has 1 fully saturated rings. The van der Waals surface area contributed by atoms with Crippen molar-refractivity contribution < 1.29 is 19.0 Å². The van der Waals surface area contributed by atoms with Gasteiger partial charge in [0.1, 0.15) is 21.3 Å². The van der Waals surface area contributed by atoms with Gasteiger partial charge >= 0.3 is 0 Å². The molecule has 0 bridgehead atoms. The van der Waals surface area contributed by atoms with E-state index in [9.17, 15) is 9.59 Å². The molecular weight excluding hydrogens is 546 g/mol. The molecule has 0 saturated carbocycles. The molecule has 8 nitrogen and oxygen atoms in total. The number of amides is 1. The van der Waals surface area contributed by atoms with Crippen molar-refractivity contribution in [3.8, 4) is 23.1 Å². The minimum atomic E-state index is -0.387. The highest BCUT2D eigenvalue weighted by atomic mass is 35.5. The number of ether oxygens (including phenoxy) is 3. The maximum Gasteiger partial charge on any atom is 0.269 e. The lowest BCUT2D eigenvalue weighted by Gasteiger charge is -2.15. The lowest BCUT2D eigenvalue weighted by Crippen LogP contribution is -2.27. The Balaban J connectivity index is 1.39. The molecule has 11 heteroatoms. The quantitative estimate of drug-likeness (QED) is 0.230. The van der Waals surface area contributed by atoms with Crippen molar-refractivity contribution >= 4 is 57.5 Å². The largest absolute Gasteiger partial charge is 0.454 e. The second kappa shape index (κ2) is 9.79. The summed E-state index contributed by atoms with van der Waals surface area (Å²) in [5.41, 5.74) is 1.78. The number of rotatable bonds is 5. The van der Waals surface area contributed by atoms with Gasteiger partial charge < -0.3 is 14.2 Å². The first-order valence-electron chi connectivity index (χ1n) is 11.5. The molecule has 2 aromatic heterocycles. The van der Waals surface area contributed by atoms with Crippen molar-refractivity contribution in [2.45, 2.75) is 13.5 Å². The van der Waals surface area contributed by atoms with Crippen molar-refractivity contribution in [1.82, 2.24) is 14.3 Å². The summed E-state index contributed by atoms with van der Waals surface area (Å²) in [6.45, 7) is 2.26. The highest BCUT2D eigenvalue weighted by Gasteiger charge is 2.33. The monoisotopic (exact) mass is 563 g/mol. The van der Waals surface area contributed by atoms with Crippen LogP contribution in [0, 0.1) is 6.92 Å². The van der Waals surface area contributed by atoms with Crippen LogP contribution in [0.5, 0.6) is 23.1 Å². The van der Waals surface area contributed by atoms with E-state index in [2.05, 4.69) is 4.98 Å². The third-order valence-electron chi connectivity index (χ3n) is 6.02. The number of nitrogens with zero attached hydrogens (tertiary/aromatic N) is 3. The van der Waals surface area contributed by atoms with Gasteiger partial charge in [-0.1, -0.05) is 59.8 Å². The molecule has 1 saturated heterocycles. The maximum absolute atomic E-state index is 13.6. The fourth-order valence-electron chi connectivity index (χ4n) is 4.11. The Morgan fingerprint density at radius 2 is 1.95 bits per heavy atom. The molecule has 190 valence electrons. The van der Waals surface area contributed by atoms with Crippen LogP contribution in [0.1, 0.15) is 16.7 Å². The summed E-state index contributed by atoms with van der Waals surface area (Å²) >= 11 is 12.9. The molecule has 1 amide bonds. The van der Waals surface area contributed by atoms with E-state index in [0.717, 1.165) is 22.9 Å². The smallest absolute Gasteiger partial charge is 0.269 e. The number of hydrogen-bond acceptors (Lipinski definition) is 8. The van der Waals surface area contributed by atoms with Crippen LogP contribution in [-0.2, 0) is 11.3 Å². The first-order valence-corrected chi connectivity index (χ1v) is 13.1. The number of fused-ring (bicyclic) bond motifs is 2. The SMILES string of the molecule is Cc1cccn2c(=O)c(/C=C3/SC(=S)N(Cc4ccc5c(c4)OCO5)C3=O)c(Oc3ccccc3Cl)nc12. The van der Waals surface area contributed by atoms with Gasteiger partial charge in [0.2, 0.25) is 12.7 Å². The third-order valence-corrected chi connectivity index (χ3v) is 7.71. The maximum atomic E-state index is 13.6. The van der Waals surface area contributed by atoms with Crippen molar-refractivity contribution in [3.63, 3.8) is 0 Å². The van der Waals surface area contributed by atoms with Gasteiger partial charge in [0, 0.05) is 6.20 Å². The predicted molar refractivity (Wildman–Crippen MR) is 149 cm³/mol. The number of benzene rings is 2. The minimum Gasteiger partial charge on any atom is -0.454 e. The van der Waals surface area contributed by atoms with E-state index in [1.807, 2.05) is 25.1 Å². The van der Waals surface area contributed by atoms with Crippen LogP contribution in [0.15, 0.2) is 70.5 Å². The van der Waals surface area contributed by atoms with Crippen LogP contribution < -0.4 is 19.8 Å². The Morgan fingerprint density at radius 1 is 1.13 bits per heavy atom. The van der Waals surface area contributed by atoms with Crippen molar-refractivity contribution in [2.24, 2.45) is 0 Å². The molecule has 0 N–H and O–H groups in total. The van der Waals surface area contributed by atoms with Crippen LogP contribution in [0.3, 0.4) is 0 Å². The molecule has 2 aromatic carbocycles. The molecule has 38 heavy (non-hydrogen) atoms. The van der Waals surface area contributed by atoms with Gasteiger partial charge in [-0.2, -0.15) is 4.98 Å². The second-order valence-electron chi connectivity index (χ2n) is 8.51. The third kappa shape index (κ3) is 4.40. The van der Waals surface area contributed by atoms with Crippen LogP contribution in [0.2, 0.25) is 5.02 Å². The van der Waals surface area contributed by atoms with Gasteiger partial charge in [-0.25, -0.2) is 0 Å². The molecule has 4 aromatic rings. The number of para-hydroxylation sites is 1. The highest BCUT2D eigenvalue weighted by molar-refractivity contribution is 8.26. The lowest BCUT2D eigenvalue weighted by atomic mass is 10.2. The highest BCUT2D eigenvalue weighted by Crippen LogP contribution is 2.37. The fraction of sp³-hybridized carbons (Fsp3) is 0.111. The standard InChI is InChI=1S/C27H18ClN3O5S2/c1-15-5-4-10-30-23(15)29-24(36-19-7-3-2-6-18(19)28)17(25(30)32)12-22-26(33)31(27(37)38-22)13-16-8-9-20-21(11-16)35-14-34-20/h2-12H,13-14H2,1H3/b22-12+.